The Kier molecular flexibility index (Phi) is 8.10. The molecule has 4 rings (SSSR count). The van der Waals surface area contributed by atoms with Crippen LogP contribution in [0.1, 0.15) is 38.2 Å². The van der Waals surface area contributed by atoms with E-state index in [1.165, 1.54) is 11.5 Å². The fourth-order valence-corrected chi connectivity index (χ4v) is 5.05. The number of carbonyl (C=O) groups is 1. The minimum Gasteiger partial charge on any atom is -0.408 e. The third-order valence-corrected chi connectivity index (χ3v) is 8.84. The van der Waals surface area contributed by atoms with Crippen LogP contribution in [-0.2, 0) is 30.8 Å². The largest absolute Gasteiger partial charge is 0.419 e. The number of hydrogen-bond acceptors (Lipinski definition) is 8. The lowest BCUT2D eigenvalue weighted by molar-refractivity contribution is -0.201. The molecule has 2 unspecified atom stereocenters. The topological polar surface area (TPSA) is 120 Å². The number of hydrogen-bond donors (Lipinski definition) is 1. The predicted octanol–water partition coefficient (Wildman–Crippen LogP) is 1.28. The van der Waals surface area contributed by atoms with E-state index in [1.54, 1.807) is 18.2 Å². The Balaban J connectivity index is 1.46. The van der Waals surface area contributed by atoms with Crippen molar-refractivity contribution in [3.8, 4) is 23.7 Å². The van der Waals surface area contributed by atoms with E-state index >= 15 is 0 Å². The van der Waals surface area contributed by atoms with Gasteiger partial charge in [0.15, 0.2) is 26.5 Å². The summed E-state index contributed by atoms with van der Waals surface area (Å²) in [6, 6.07) is 5.06. The van der Waals surface area contributed by atoms with Crippen LogP contribution in [0.3, 0.4) is 0 Å². The molecule has 1 aromatic heterocycles. The highest BCUT2D eigenvalue weighted by Crippen LogP contribution is 2.24. The SMILES string of the molecule is CN1CC(C#CC#Cc2ccc3c(c2)oc(=O)n3CCC(C)(C(=O)NOC2CCCCO2)S(C)(=O)=O)C1. The maximum Gasteiger partial charge on any atom is 0.419 e. The van der Waals surface area contributed by atoms with Gasteiger partial charge in [0.2, 0.25) is 0 Å². The lowest BCUT2D eigenvalue weighted by Gasteiger charge is -2.32. The van der Waals surface area contributed by atoms with Crippen molar-refractivity contribution < 1.29 is 27.2 Å². The number of oxazole rings is 1. The quantitative estimate of drug-likeness (QED) is 0.421. The zero-order valence-corrected chi connectivity index (χ0v) is 22.0. The Morgan fingerprint density at radius 2 is 2.05 bits per heavy atom. The molecule has 2 saturated heterocycles. The third kappa shape index (κ3) is 6.25. The number of aryl methyl sites for hydroxylation is 1. The molecule has 37 heavy (non-hydrogen) atoms. The van der Waals surface area contributed by atoms with Crippen molar-refractivity contribution in [1.29, 1.82) is 0 Å². The average Bonchev–Trinajstić information content (AvgIpc) is 3.16. The molecular weight excluding hydrogens is 498 g/mol. The molecule has 2 aliphatic rings. The van der Waals surface area contributed by atoms with Crippen molar-refractivity contribution >= 4 is 26.8 Å². The molecule has 0 radical (unpaired) electrons. The molecule has 2 aliphatic heterocycles. The number of aromatic nitrogens is 1. The van der Waals surface area contributed by atoms with Gasteiger partial charge in [-0.2, -0.15) is 0 Å². The summed E-state index contributed by atoms with van der Waals surface area (Å²) in [4.78, 5) is 32.9. The Morgan fingerprint density at radius 1 is 1.27 bits per heavy atom. The van der Waals surface area contributed by atoms with Gasteiger partial charge in [-0.05, 0) is 63.3 Å². The van der Waals surface area contributed by atoms with E-state index in [9.17, 15) is 18.0 Å². The molecule has 11 heteroatoms. The number of rotatable bonds is 7. The van der Waals surface area contributed by atoms with Crippen molar-refractivity contribution in [1.82, 2.24) is 14.9 Å². The van der Waals surface area contributed by atoms with Crippen LogP contribution >= 0.6 is 0 Å². The van der Waals surface area contributed by atoms with Crippen molar-refractivity contribution in [3.63, 3.8) is 0 Å². The molecule has 10 nitrogen and oxygen atoms in total. The molecule has 3 heterocycles. The number of hydroxylamine groups is 1. The van der Waals surface area contributed by atoms with Gasteiger partial charge < -0.3 is 14.1 Å². The number of sulfone groups is 1. The Hall–Kier alpha value is -3.09. The highest BCUT2D eigenvalue weighted by Gasteiger charge is 2.44. The summed E-state index contributed by atoms with van der Waals surface area (Å²) < 4.78 is 35.5. The van der Waals surface area contributed by atoms with Crippen LogP contribution in [0, 0.1) is 29.6 Å². The molecule has 0 spiro atoms. The van der Waals surface area contributed by atoms with Crippen LogP contribution < -0.4 is 11.2 Å². The van der Waals surface area contributed by atoms with Gasteiger partial charge in [-0.15, -0.1) is 0 Å². The molecule has 198 valence electrons. The molecule has 0 saturated carbocycles. The van der Waals surface area contributed by atoms with Crippen LogP contribution in [0.25, 0.3) is 11.1 Å². The average molecular weight is 530 g/mol. The van der Waals surface area contributed by atoms with Crippen molar-refractivity contribution in [3.05, 3.63) is 34.3 Å². The van der Waals surface area contributed by atoms with Gasteiger partial charge in [0.25, 0.3) is 5.91 Å². The van der Waals surface area contributed by atoms with Crippen LogP contribution in [0.2, 0.25) is 0 Å². The molecule has 1 aromatic carbocycles. The Bertz CT molecular complexity index is 1440. The molecule has 1 amide bonds. The molecule has 2 aromatic rings. The minimum atomic E-state index is -3.88. The molecule has 1 N–H and O–H groups in total. The van der Waals surface area contributed by atoms with E-state index in [1.807, 2.05) is 7.05 Å². The number of carbonyl (C=O) groups excluding carboxylic acids is 1. The van der Waals surface area contributed by atoms with Crippen molar-refractivity contribution in [2.75, 3.05) is 33.0 Å². The Morgan fingerprint density at radius 3 is 2.73 bits per heavy atom. The number of amides is 1. The second-order valence-electron chi connectivity index (χ2n) is 9.74. The van der Waals surface area contributed by atoms with E-state index < -0.39 is 32.5 Å². The molecular formula is C26H31N3O7S. The first-order valence-corrected chi connectivity index (χ1v) is 14.1. The van der Waals surface area contributed by atoms with Gasteiger partial charge in [-0.1, -0.05) is 11.8 Å². The van der Waals surface area contributed by atoms with E-state index in [-0.39, 0.29) is 13.0 Å². The summed E-state index contributed by atoms with van der Waals surface area (Å²) in [5, 5.41) is 0. The fourth-order valence-electron chi connectivity index (χ4n) is 4.21. The number of nitrogens with one attached hydrogen (secondary N) is 1. The van der Waals surface area contributed by atoms with Gasteiger partial charge in [0.1, 0.15) is 0 Å². The molecule has 0 bridgehead atoms. The van der Waals surface area contributed by atoms with Gasteiger partial charge in [-0.3, -0.25) is 9.36 Å². The van der Waals surface area contributed by atoms with Crippen LogP contribution in [0.5, 0.6) is 0 Å². The van der Waals surface area contributed by atoms with E-state index in [2.05, 4.69) is 34.1 Å². The van der Waals surface area contributed by atoms with Gasteiger partial charge >= 0.3 is 5.76 Å². The lowest BCUT2D eigenvalue weighted by atomic mass is 10.0. The highest BCUT2D eigenvalue weighted by atomic mass is 32.2. The minimum absolute atomic E-state index is 0.0604. The zero-order chi connectivity index (χ0) is 26.6. The third-order valence-electron chi connectivity index (χ3n) is 6.81. The first kappa shape index (κ1) is 27.0. The van der Waals surface area contributed by atoms with Gasteiger partial charge in [-0.25, -0.2) is 23.5 Å². The van der Waals surface area contributed by atoms with Gasteiger partial charge in [0.05, 0.1) is 5.52 Å². The zero-order valence-electron chi connectivity index (χ0n) is 21.2. The monoisotopic (exact) mass is 529 g/mol. The summed E-state index contributed by atoms with van der Waals surface area (Å²) in [7, 11) is -1.84. The van der Waals surface area contributed by atoms with Crippen molar-refractivity contribution in [2.24, 2.45) is 5.92 Å². The Labute approximate surface area is 216 Å². The van der Waals surface area contributed by atoms with Crippen LogP contribution in [-0.4, -0.2) is 67.8 Å². The molecule has 0 aliphatic carbocycles. The smallest absolute Gasteiger partial charge is 0.408 e. The summed E-state index contributed by atoms with van der Waals surface area (Å²) in [5.41, 5.74) is 3.67. The molecule has 2 fully saturated rings. The summed E-state index contributed by atoms with van der Waals surface area (Å²) >= 11 is 0. The van der Waals surface area contributed by atoms with Crippen molar-refractivity contribution in [2.45, 2.75) is 50.2 Å². The second kappa shape index (κ2) is 11.1. The first-order valence-electron chi connectivity index (χ1n) is 12.2. The van der Waals surface area contributed by atoms with Crippen LogP contribution in [0.4, 0.5) is 0 Å². The standard InChI is InChI=1S/C26H31N3O7S/c1-26(37(3,32)33,24(30)27-36-23-10-6-7-15-34-23)13-14-29-21-12-11-19(16-22(21)35-25(29)31)8-4-5-9-20-17-28(2)18-20/h11-12,16,20,23H,6-7,10,13-15,17-18H2,1-3H3,(H,27,30). The van der Waals surface area contributed by atoms with E-state index in [0.717, 1.165) is 32.2 Å². The van der Waals surface area contributed by atoms with Gasteiger partial charge in [0, 0.05) is 50.4 Å². The van der Waals surface area contributed by atoms with Crippen LogP contribution in [0.15, 0.2) is 27.4 Å². The second-order valence-corrected chi connectivity index (χ2v) is 12.2. The highest BCUT2D eigenvalue weighted by molar-refractivity contribution is 7.92. The fraction of sp³-hybridized carbons (Fsp3) is 0.538. The molecule has 2 atom stereocenters. The number of ether oxygens (including phenoxy) is 1. The predicted molar refractivity (Wildman–Crippen MR) is 137 cm³/mol. The normalized spacial score (nSPS) is 20.1. The van der Waals surface area contributed by atoms with E-state index in [4.69, 9.17) is 14.0 Å². The number of nitrogens with zero attached hydrogens (tertiary/aromatic N) is 2. The maximum atomic E-state index is 12.9. The number of fused-ring (bicyclic) bond motifs is 1. The number of likely N-dealkylation sites (tertiary alicyclic amines) is 1. The summed E-state index contributed by atoms with van der Waals surface area (Å²) in [6.45, 7) is 3.66. The van der Waals surface area contributed by atoms with E-state index in [0.29, 0.717) is 35.6 Å². The summed E-state index contributed by atoms with van der Waals surface area (Å²) in [6.07, 6.45) is 2.59. The lowest BCUT2D eigenvalue weighted by Crippen LogP contribution is -2.51. The maximum absolute atomic E-state index is 12.9. The number of benzene rings is 1. The first-order chi connectivity index (χ1) is 17.6. The summed E-state index contributed by atoms with van der Waals surface area (Å²) in [5.74, 6) is 10.6.